The van der Waals surface area contributed by atoms with E-state index in [1.54, 1.807) is 30.2 Å². The first-order valence-electron chi connectivity index (χ1n) is 6.78. The minimum absolute atomic E-state index is 0.0750. The third kappa shape index (κ3) is 5.10. The maximum absolute atomic E-state index is 12.0. The Morgan fingerprint density at radius 2 is 2.10 bits per heavy atom. The number of carbonyl (C=O) groups is 1. The van der Waals surface area contributed by atoms with Crippen LogP contribution in [0, 0.1) is 0 Å². The lowest BCUT2D eigenvalue weighted by Crippen LogP contribution is -2.32. The fourth-order valence-electron chi connectivity index (χ4n) is 1.82. The molecule has 0 bridgehead atoms. The molecule has 1 aromatic heterocycles. The molecule has 1 amide bonds. The van der Waals surface area contributed by atoms with E-state index in [9.17, 15) is 4.79 Å². The molecule has 2 rings (SSSR count). The van der Waals surface area contributed by atoms with E-state index in [1.807, 2.05) is 31.2 Å². The fourth-order valence-corrected chi connectivity index (χ4v) is 3.42. The third-order valence-corrected chi connectivity index (χ3v) is 4.88. The van der Waals surface area contributed by atoms with Crippen LogP contribution in [0.4, 0.5) is 0 Å². The molecule has 5 heteroatoms. The Bertz CT molecular complexity index is 552. The lowest BCUT2D eigenvalue weighted by atomic mass is 10.2. The number of ether oxygens (including phenoxy) is 1. The predicted molar refractivity (Wildman–Crippen MR) is 89.3 cm³/mol. The van der Waals surface area contributed by atoms with Crippen molar-refractivity contribution in [1.29, 1.82) is 0 Å². The number of amides is 1. The monoisotopic (exact) mass is 321 g/mol. The number of methoxy groups -OCH3 is 1. The second kappa shape index (κ2) is 8.10. The molecule has 1 atom stereocenters. The molecule has 0 saturated heterocycles. The number of hydrogen-bond acceptors (Lipinski definition) is 4. The lowest BCUT2D eigenvalue weighted by Gasteiger charge is -2.12. The summed E-state index contributed by atoms with van der Waals surface area (Å²) in [6.45, 7) is 2.61. The van der Waals surface area contributed by atoms with Crippen LogP contribution in [-0.4, -0.2) is 24.8 Å². The number of nitrogens with one attached hydrogen (secondary N) is 1. The second-order valence-electron chi connectivity index (χ2n) is 4.61. The van der Waals surface area contributed by atoms with Crippen LogP contribution >= 0.6 is 23.1 Å². The van der Waals surface area contributed by atoms with E-state index in [1.165, 1.54) is 5.56 Å². The molecule has 21 heavy (non-hydrogen) atoms. The highest BCUT2D eigenvalue weighted by atomic mass is 32.2. The molecule has 0 fully saturated rings. The van der Waals surface area contributed by atoms with Gasteiger partial charge in [-0.3, -0.25) is 4.79 Å². The van der Waals surface area contributed by atoms with Crippen LogP contribution < -0.4 is 10.1 Å². The van der Waals surface area contributed by atoms with Crippen LogP contribution in [-0.2, 0) is 11.2 Å². The normalized spacial score (nSPS) is 11.9. The summed E-state index contributed by atoms with van der Waals surface area (Å²) in [6, 6.07) is 9.84. The smallest absolute Gasteiger partial charge is 0.233 e. The number of hydrogen-bond donors (Lipinski definition) is 1. The van der Waals surface area contributed by atoms with Crippen molar-refractivity contribution in [2.75, 3.05) is 13.7 Å². The van der Waals surface area contributed by atoms with E-state index in [4.69, 9.17) is 4.74 Å². The standard InChI is InChI=1S/C16H19NO2S2/c1-12(21-15-5-3-14(19-2)4-6-15)16(18)17-9-7-13-8-10-20-11-13/h3-6,8,10-12H,7,9H2,1-2H3,(H,17,18). The van der Waals surface area contributed by atoms with Gasteiger partial charge in [0.15, 0.2) is 0 Å². The number of thioether (sulfide) groups is 1. The van der Waals surface area contributed by atoms with Gasteiger partial charge in [-0.15, -0.1) is 11.8 Å². The van der Waals surface area contributed by atoms with Crippen molar-refractivity contribution in [2.45, 2.75) is 23.5 Å². The van der Waals surface area contributed by atoms with Crippen molar-refractivity contribution >= 4 is 29.0 Å². The summed E-state index contributed by atoms with van der Waals surface area (Å²) >= 11 is 3.24. The molecule has 0 radical (unpaired) electrons. The third-order valence-electron chi connectivity index (χ3n) is 3.03. The molecule has 1 N–H and O–H groups in total. The zero-order chi connectivity index (χ0) is 15.1. The van der Waals surface area contributed by atoms with Crippen LogP contribution in [0.15, 0.2) is 46.0 Å². The molecular formula is C16H19NO2S2. The molecule has 1 heterocycles. The lowest BCUT2D eigenvalue weighted by molar-refractivity contribution is -0.120. The topological polar surface area (TPSA) is 38.3 Å². The zero-order valence-electron chi connectivity index (χ0n) is 12.2. The first-order valence-corrected chi connectivity index (χ1v) is 8.61. The summed E-state index contributed by atoms with van der Waals surface area (Å²) in [7, 11) is 1.64. The Hall–Kier alpha value is -1.46. The van der Waals surface area contributed by atoms with Crippen LogP contribution in [0.25, 0.3) is 0 Å². The first kappa shape index (κ1) is 15.9. The Kier molecular flexibility index (Phi) is 6.14. The molecule has 0 aliphatic carbocycles. The molecule has 0 saturated carbocycles. The van der Waals surface area contributed by atoms with Crippen molar-refractivity contribution in [3.8, 4) is 5.75 Å². The van der Waals surface area contributed by atoms with Gasteiger partial charge in [-0.05, 0) is 60.0 Å². The first-order chi connectivity index (χ1) is 10.2. The van der Waals surface area contributed by atoms with E-state index in [2.05, 4.69) is 22.1 Å². The van der Waals surface area contributed by atoms with Crippen LogP contribution in [0.3, 0.4) is 0 Å². The summed E-state index contributed by atoms with van der Waals surface area (Å²) in [5.41, 5.74) is 1.27. The number of carbonyl (C=O) groups excluding carboxylic acids is 1. The van der Waals surface area contributed by atoms with E-state index in [-0.39, 0.29) is 11.2 Å². The van der Waals surface area contributed by atoms with Gasteiger partial charge in [0.2, 0.25) is 5.91 Å². The molecule has 0 spiro atoms. The fraction of sp³-hybridized carbons (Fsp3) is 0.312. The summed E-state index contributed by atoms with van der Waals surface area (Å²) in [5, 5.41) is 7.04. The van der Waals surface area contributed by atoms with Gasteiger partial charge in [0.1, 0.15) is 5.75 Å². The number of thiophene rings is 1. The molecule has 1 unspecified atom stereocenters. The van der Waals surface area contributed by atoms with Gasteiger partial charge in [-0.2, -0.15) is 11.3 Å². The SMILES string of the molecule is COc1ccc(SC(C)C(=O)NCCc2ccsc2)cc1. The van der Waals surface area contributed by atoms with Gasteiger partial charge in [-0.25, -0.2) is 0 Å². The van der Waals surface area contributed by atoms with Gasteiger partial charge in [0.05, 0.1) is 12.4 Å². The van der Waals surface area contributed by atoms with Crippen LogP contribution in [0.2, 0.25) is 0 Å². The Morgan fingerprint density at radius 1 is 1.33 bits per heavy atom. The average Bonchev–Trinajstić information content (AvgIpc) is 3.01. The summed E-state index contributed by atoms with van der Waals surface area (Å²) in [4.78, 5) is 13.1. The molecule has 0 aliphatic heterocycles. The highest BCUT2D eigenvalue weighted by Gasteiger charge is 2.13. The van der Waals surface area contributed by atoms with Crippen molar-refractivity contribution in [2.24, 2.45) is 0 Å². The number of rotatable bonds is 7. The van der Waals surface area contributed by atoms with Gasteiger partial charge < -0.3 is 10.1 Å². The van der Waals surface area contributed by atoms with E-state index in [0.717, 1.165) is 17.1 Å². The summed E-state index contributed by atoms with van der Waals surface area (Å²) in [6.07, 6.45) is 0.884. The molecular weight excluding hydrogens is 302 g/mol. The quantitative estimate of drug-likeness (QED) is 0.792. The van der Waals surface area contributed by atoms with E-state index in [0.29, 0.717) is 6.54 Å². The molecule has 112 valence electrons. The maximum Gasteiger partial charge on any atom is 0.233 e. The Balaban J connectivity index is 1.76. The van der Waals surface area contributed by atoms with Crippen molar-refractivity contribution in [3.63, 3.8) is 0 Å². The Morgan fingerprint density at radius 3 is 2.71 bits per heavy atom. The van der Waals surface area contributed by atoms with Crippen LogP contribution in [0.1, 0.15) is 12.5 Å². The van der Waals surface area contributed by atoms with Crippen molar-refractivity contribution in [1.82, 2.24) is 5.32 Å². The van der Waals surface area contributed by atoms with Gasteiger partial charge in [-0.1, -0.05) is 0 Å². The minimum Gasteiger partial charge on any atom is -0.497 e. The van der Waals surface area contributed by atoms with Gasteiger partial charge in [0.25, 0.3) is 0 Å². The van der Waals surface area contributed by atoms with Crippen LogP contribution in [0.5, 0.6) is 5.75 Å². The number of benzene rings is 1. The largest absolute Gasteiger partial charge is 0.497 e. The summed E-state index contributed by atoms with van der Waals surface area (Å²) < 4.78 is 5.12. The highest BCUT2D eigenvalue weighted by Crippen LogP contribution is 2.25. The van der Waals surface area contributed by atoms with E-state index >= 15 is 0 Å². The Labute approximate surface area is 133 Å². The molecule has 0 aliphatic rings. The minimum atomic E-state index is -0.110. The molecule has 2 aromatic rings. The maximum atomic E-state index is 12.0. The predicted octanol–water partition coefficient (Wildman–Crippen LogP) is 3.60. The highest BCUT2D eigenvalue weighted by molar-refractivity contribution is 8.00. The molecule has 3 nitrogen and oxygen atoms in total. The van der Waals surface area contributed by atoms with Crippen molar-refractivity contribution in [3.05, 3.63) is 46.7 Å². The second-order valence-corrected chi connectivity index (χ2v) is 6.80. The van der Waals surface area contributed by atoms with E-state index < -0.39 is 0 Å². The summed E-state index contributed by atoms with van der Waals surface area (Å²) in [5.74, 6) is 0.901. The van der Waals surface area contributed by atoms with Crippen molar-refractivity contribution < 1.29 is 9.53 Å². The van der Waals surface area contributed by atoms with Gasteiger partial charge in [0, 0.05) is 11.4 Å². The zero-order valence-corrected chi connectivity index (χ0v) is 13.8. The molecule has 1 aromatic carbocycles. The van der Waals surface area contributed by atoms with Gasteiger partial charge >= 0.3 is 0 Å². The average molecular weight is 321 g/mol.